The van der Waals surface area contributed by atoms with Crippen LogP contribution in [0.3, 0.4) is 0 Å². The Labute approximate surface area is 69.4 Å². The Morgan fingerprint density at radius 1 is 1.75 bits per heavy atom. The maximum atomic E-state index is 12.9. The van der Waals surface area contributed by atoms with Gasteiger partial charge in [-0.2, -0.15) is 5.26 Å². The van der Waals surface area contributed by atoms with E-state index in [-0.39, 0.29) is 12.2 Å². The number of halogens is 1. The summed E-state index contributed by atoms with van der Waals surface area (Å²) in [6.45, 7) is 0. The molecule has 0 amide bonds. The second-order valence-corrected chi connectivity index (χ2v) is 2.11. The van der Waals surface area contributed by atoms with Gasteiger partial charge in [0.15, 0.2) is 11.6 Å². The first-order valence-electron chi connectivity index (χ1n) is 3.34. The van der Waals surface area contributed by atoms with Gasteiger partial charge in [-0.1, -0.05) is 0 Å². The number of nitriles is 1. The predicted molar refractivity (Wildman–Crippen MR) is 40.1 cm³/mol. The normalized spacial score (nSPS) is 9.08. The molecule has 0 spiro atoms. The standard InChI is InChI=1S/C8H7FN2O/c1-12-8-6(9)3-5-11-7(8)2-4-10/h3,5H,2H2,1H3. The first-order chi connectivity index (χ1) is 5.79. The average molecular weight is 166 g/mol. The van der Waals surface area contributed by atoms with E-state index in [4.69, 9.17) is 10.00 Å². The van der Waals surface area contributed by atoms with Crippen LogP contribution in [-0.4, -0.2) is 12.1 Å². The van der Waals surface area contributed by atoms with Gasteiger partial charge in [0.2, 0.25) is 0 Å². The molecule has 0 aliphatic rings. The number of methoxy groups -OCH3 is 1. The highest BCUT2D eigenvalue weighted by Gasteiger charge is 2.08. The second kappa shape index (κ2) is 3.67. The van der Waals surface area contributed by atoms with Crippen LogP contribution in [0.1, 0.15) is 5.69 Å². The number of pyridine rings is 1. The molecule has 62 valence electrons. The quantitative estimate of drug-likeness (QED) is 0.665. The smallest absolute Gasteiger partial charge is 0.177 e. The molecule has 0 aromatic carbocycles. The molecule has 1 heterocycles. The summed E-state index contributed by atoms with van der Waals surface area (Å²) in [4.78, 5) is 3.81. The lowest BCUT2D eigenvalue weighted by atomic mass is 10.2. The van der Waals surface area contributed by atoms with E-state index >= 15 is 0 Å². The highest BCUT2D eigenvalue weighted by Crippen LogP contribution is 2.19. The lowest BCUT2D eigenvalue weighted by Gasteiger charge is -2.03. The maximum absolute atomic E-state index is 12.9. The van der Waals surface area contributed by atoms with Crippen LogP contribution in [0.25, 0.3) is 0 Å². The summed E-state index contributed by atoms with van der Waals surface area (Å²) in [7, 11) is 1.35. The molecule has 1 aromatic rings. The van der Waals surface area contributed by atoms with Gasteiger partial charge in [0.1, 0.15) is 0 Å². The van der Waals surface area contributed by atoms with E-state index in [9.17, 15) is 4.39 Å². The Balaban J connectivity index is 3.11. The monoisotopic (exact) mass is 166 g/mol. The van der Waals surface area contributed by atoms with E-state index in [0.717, 1.165) is 0 Å². The van der Waals surface area contributed by atoms with Gasteiger partial charge in [-0.15, -0.1) is 0 Å². The van der Waals surface area contributed by atoms with Crippen molar-refractivity contribution >= 4 is 0 Å². The van der Waals surface area contributed by atoms with Crippen LogP contribution in [0, 0.1) is 17.1 Å². The molecule has 0 bridgehead atoms. The molecule has 0 aliphatic heterocycles. The van der Waals surface area contributed by atoms with Crippen molar-refractivity contribution in [3.63, 3.8) is 0 Å². The lowest BCUT2D eigenvalue weighted by molar-refractivity contribution is 0.379. The molecule has 0 aliphatic carbocycles. The van der Waals surface area contributed by atoms with Crippen LogP contribution in [0.2, 0.25) is 0 Å². The van der Waals surface area contributed by atoms with Crippen molar-refractivity contribution < 1.29 is 9.13 Å². The molecule has 0 N–H and O–H groups in total. The number of rotatable bonds is 2. The minimum atomic E-state index is -0.488. The van der Waals surface area contributed by atoms with E-state index in [1.807, 2.05) is 6.07 Å². The van der Waals surface area contributed by atoms with Gasteiger partial charge >= 0.3 is 0 Å². The van der Waals surface area contributed by atoms with E-state index < -0.39 is 5.82 Å². The van der Waals surface area contributed by atoms with Crippen LogP contribution in [0.15, 0.2) is 12.3 Å². The fourth-order valence-electron chi connectivity index (χ4n) is 0.881. The van der Waals surface area contributed by atoms with Crippen molar-refractivity contribution in [1.29, 1.82) is 5.26 Å². The van der Waals surface area contributed by atoms with Crippen molar-refractivity contribution in [2.75, 3.05) is 7.11 Å². The largest absolute Gasteiger partial charge is 0.492 e. The van der Waals surface area contributed by atoms with Crippen LogP contribution < -0.4 is 4.74 Å². The minimum absolute atomic E-state index is 0.0547. The summed E-state index contributed by atoms with van der Waals surface area (Å²) < 4.78 is 17.6. The summed E-state index contributed by atoms with van der Waals surface area (Å²) in [5.41, 5.74) is 0.333. The summed E-state index contributed by atoms with van der Waals surface area (Å²) in [6, 6.07) is 3.07. The highest BCUT2D eigenvalue weighted by molar-refractivity contribution is 5.30. The van der Waals surface area contributed by atoms with Crippen molar-refractivity contribution in [3.8, 4) is 11.8 Å². The summed E-state index contributed by atoms with van der Waals surface area (Å²) in [5, 5.41) is 8.36. The predicted octanol–water partition coefficient (Wildman–Crippen LogP) is 1.30. The van der Waals surface area contributed by atoms with Crippen LogP contribution in [0.4, 0.5) is 4.39 Å². The fraction of sp³-hybridized carbons (Fsp3) is 0.250. The van der Waals surface area contributed by atoms with Crippen LogP contribution >= 0.6 is 0 Å². The SMILES string of the molecule is COc1c(F)ccnc1CC#N. The molecule has 1 rings (SSSR count). The van der Waals surface area contributed by atoms with E-state index in [1.54, 1.807) is 0 Å². The first-order valence-corrected chi connectivity index (χ1v) is 3.34. The van der Waals surface area contributed by atoms with E-state index in [0.29, 0.717) is 5.69 Å². The van der Waals surface area contributed by atoms with Gasteiger partial charge in [0.05, 0.1) is 25.3 Å². The van der Waals surface area contributed by atoms with Gasteiger partial charge in [0, 0.05) is 6.20 Å². The second-order valence-electron chi connectivity index (χ2n) is 2.11. The Kier molecular flexibility index (Phi) is 2.59. The number of hydrogen-bond acceptors (Lipinski definition) is 3. The molecular formula is C8H7FN2O. The topological polar surface area (TPSA) is 45.9 Å². The van der Waals surface area contributed by atoms with E-state index in [1.165, 1.54) is 19.4 Å². The zero-order chi connectivity index (χ0) is 8.97. The fourth-order valence-corrected chi connectivity index (χ4v) is 0.881. The Hall–Kier alpha value is -1.63. The number of hydrogen-bond donors (Lipinski definition) is 0. The molecular weight excluding hydrogens is 159 g/mol. The molecule has 0 fully saturated rings. The number of nitrogens with zero attached hydrogens (tertiary/aromatic N) is 2. The summed E-state index contributed by atoms with van der Waals surface area (Å²) >= 11 is 0. The Morgan fingerprint density at radius 2 is 2.50 bits per heavy atom. The van der Waals surface area contributed by atoms with Crippen molar-refractivity contribution in [3.05, 3.63) is 23.8 Å². The summed E-state index contributed by atoms with van der Waals surface area (Å²) in [6.07, 6.45) is 1.37. The molecule has 3 nitrogen and oxygen atoms in total. The minimum Gasteiger partial charge on any atom is -0.492 e. The zero-order valence-corrected chi connectivity index (χ0v) is 6.54. The van der Waals surface area contributed by atoms with Gasteiger partial charge < -0.3 is 4.74 Å². The lowest BCUT2D eigenvalue weighted by Crippen LogP contribution is -1.97. The van der Waals surface area contributed by atoms with Crippen LogP contribution in [-0.2, 0) is 6.42 Å². The summed E-state index contributed by atoms with van der Waals surface area (Å²) in [5.74, 6) is -0.434. The van der Waals surface area contributed by atoms with Crippen molar-refractivity contribution in [2.24, 2.45) is 0 Å². The Bertz CT molecular complexity index is 319. The van der Waals surface area contributed by atoms with Gasteiger partial charge in [0.25, 0.3) is 0 Å². The number of aromatic nitrogens is 1. The Morgan fingerprint density at radius 3 is 3.08 bits per heavy atom. The van der Waals surface area contributed by atoms with Crippen LogP contribution in [0.5, 0.6) is 5.75 Å². The highest BCUT2D eigenvalue weighted by atomic mass is 19.1. The molecule has 0 saturated carbocycles. The van der Waals surface area contributed by atoms with Gasteiger partial charge in [-0.05, 0) is 6.07 Å². The molecule has 0 saturated heterocycles. The third kappa shape index (κ3) is 1.51. The maximum Gasteiger partial charge on any atom is 0.177 e. The van der Waals surface area contributed by atoms with Crippen molar-refractivity contribution in [1.82, 2.24) is 4.98 Å². The first kappa shape index (κ1) is 8.47. The average Bonchev–Trinajstić information content (AvgIpc) is 2.05. The number of ether oxygens (including phenoxy) is 1. The van der Waals surface area contributed by atoms with Gasteiger partial charge in [-0.3, -0.25) is 4.98 Å². The third-order valence-electron chi connectivity index (χ3n) is 1.38. The molecule has 0 atom stereocenters. The van der Waals surface area contributed by atoms with Crippen molar-refractivity contribution in [2.45, 2.75) is 6.42 Å². The molecule has 0 unspecified atom stereocenters. The van der Waals surface area contributed by atoms with Gasteiger partial charge in [-0.25, -0.2) is 4.39 Å². The van der Waals surface area contributed by atoms with E-state index in [2.05, 4.69) is 4.98 Å². The zero-order valence-electron chi connectivity index (χ0n) is 6.54. The molecule has 0 radical (unpaired) electrons. The molecule has 1 aromatic heterocycles. The third-order valence-corrected chi connectivity index (χ3v) is 1.38. The molecule has 12 heavy (non-hydrogen) atoms. The molecule has 4 heteroatoms.